The molecular weight excluding hydrogens is 264 g/mol. The number of aliphatic hydroxyl groups excluding tert-OH is 1. The molecule has 114 valence electrons. The van der Waals surface area contributed by atoms with E-state index in [1.807, 2.05) is 13.0 Å². The van der Waals surface area contributed by atoms with Crippen LogP contribution in [0.3, 0.4) is 0 Å². The largest absolute Gasteiger partial charge is 0.435 e. The molecule has 0 aliphatic rings. The molecule has 0 aliphatic heterocycles. The first kappa shape index (κ1) is 16.9. The summed E-state index contributed by atoms with van der Waals surface area (Å²) in [5.41, 5.74) is 0.852. The Morgan fingerprint density at radius 2 is 1.95 bits per heavy atom. The Kier molecular flexibility index (Phi) is 6.88. The third kappa shape index (κ3) is 5.84. The van der Waals surface area contributed by atoms with E-state index in [1.165, 1.54) is 6.07 Å². The molecule has 2 N–H and O–H groups in total. The maximum Gasteiger partial charge on any atom is 0.387 e. The van der Waals surface area contributed by atoms with Crippen molar-refractivity contribution < 1.29 is 18.6 Å². The van der Waals surface area contributed by atoms with Gasteiger partial charge in [-0.15, -0.1) is 0 Å². The van der Waals surface area contributed by atoms with Crippen LogP contribution in [0.1, 0.15) is 38.8 Å². The molecule has 0 heterocycles. The third-order valence-electron chi connectivity index (χ3n) is 3.05. The van der Waals surface area contributed by atoms with Crippen molar-refractivity contribution in [3.63, 3.8) is 0 Å². The Bertz CT molecular complexity index is 399. The van der Waals surface area contributed by atoms with Crippen LogP contribution in [0.25, 0.3) is 0 Å². The molecule has 0 spiro atoms. The van der Waals surface area contributed by atoms with Crippen LogP contribution in [0, 0.1) is 5.92 Å². The van der Waals surface area contributed by atoms with Crippen LogP contribution in [0.4, 0.5) is 8.78 Å². The van der Waals surface area contributed by atoms with Crippen molar-refractivity contribution in [2.45, 2.75) is 45.9 Å². The van der Waals surface area contributed by atoms with Crippen LogP contribution in [-0.2, 0) is 0 Å². The second-order valence-corrected chi connectivity index (χ2v) is 5.35. The lowest BCUT2D eigenvalue weighted by molar-refractivity contribution is -0.0499. The summed E-state index contributed by atoms with van der Waals surface area (Å²) in [6.45, 7) is 3.35. The monoisotopic (exact) mass is 287 g/mol. The molecule has 0 saturated heterocycles. The van der Waals surface area contributed by atoms with Gasteiger partial charge in [-0.1, -0.05) is 26.0 Å². The summed E-state index contributed by atoms with van der Waals surface area (Å²) in [7, 11) is 0. The first-order valence-corrected chi connectivity index (χ1v) is 6.84. The van der Waals surface area contributed by atoms with Crippen LogP contribution in [0.15, 0.2) is 24.3 Å². The van der Waals surface area contributed by atoms with Gasteiger partial charge in [0.25, 0.3) is 0 Å². The zero-order valence-corrected chi connectivity index (χ0v) is 12.1. The second-order valence-electron chi connectivity index (χ2n) is 5.35. The number of rotatable bonds is 8. The minimum atomic E-state index is -2.82. The number of ether oxygens (including phenoxy) is 1. The number of hydrogen-bond donors (Lipinski definition) is 2. The molecule has 0 fully saturated rings. The first-order valence-electron chi connectivity index (χ1n) is 6.84. The first-order chi connectivity index (χ1) is 9.42. The zero-order chi connectivity index (χ0) is 15.1. The highest BCUT2D eigenvalue weighted by Crippen LogP contribution is 2.21. The van der Waals surface area contributed by atoms with Gasteiger partial charge >= 0.3 is 6.61 Å². The van der Waals surface area contributed by atoms with E-state index in [-0.39, 0.29) is 24.4 Å². The molecule has 0 bridgehead atoms. The van der Waals surface area contributed by atoms with Crippen molar-refractivity contribution in [2.75, 3.05) is 6.61 Å². The van der Waals surface area contributed by atoms with E-state index in [4.69, 9.17) is 0 Å². The van der Waals surface area contributed by atoms with Gasteiger partial charge in [0.2, 0.25) is 0 Å². The summed E-state index contributed by atoms with van der Waals surface area (Å²) in [5, 5.41) is 12.7. The van der Waals surface area contributed by atoms with E-state index in [1.54, 1.807) is 12.1 Å². The number of halogens is 2. The lowest BCUT2D eigenvalue weighted by Gasteiger charge is -2.23. The van der Waals surface area contributed by atoms with Crippen LogP contribution in [0.2, 0.25) is 0 Å². The van der Waals surface area contributed by atoms with E-state index in [0.717, 1.165) is 12.0 Å². The topological polar surface area (TPSA) is 41.5 Å². The van der Waals surface area contributed by atoms with E-state index >= 15 is 0 Å². The van der Waals surface area contributed by atoms with Gasteiger partial charge in [-0.2, -0.15) is 8.78 Å². The summed E-state index contributed by atoms with van der Waals surface area (Å²) in [5.74, 6) is 0.621. The Hall–Kier alpha value is -1.20. The molecule has 5 heteroatoms. The summed E-state index contributed by atoms with van der Waals surface area (Å²) in [4.78, 5) is 0. The predicted octanol–water partition coefficient (Wildman–Crippen LogP) is 3.35. The smallest absolute Gasteiger partial charge is 0.387 e. The van der Waals surface area contributed by atoms with Gasteiger partial charge < -0.3 is 15.2 Å². The highest BCUT2D eigenvalue weighted by molar-refractivity contribution is 5.30. The van der Waals surface area contributed by atoms with Gasteiger partial charge in [0.15, 0.2) is 0 Å². The molecule has 0 aliphatic carbocycles. The summed E-state index contributed by atoms with van der Waals surface area (Å²) in [6.07, 6.45) is 0.855. The Morgan fingerprint density at radius 3 is 2.50 bits per heavy atom. The maximum atomic E-state index is 12.2. The van der Waals surface area contributed by atoms with Crippen molar-refractivity contribution in [1.82, 2.24) is 5.32 Å². The molecule has 2 atom stereocenters. The van der Waals surface area contributed by atoms with Gasteiger partial charge in [-0.25, -0.2) is 0 Å². The van der Waals surface area contributed by atoms with Crippen molar-refractivity contribution in [2.24, 2.45) is 5.92 Å². The fourth-order valence-corrected chi connectivity index (χ4v) is 2.17. The van der Waals surface area contributed by atoms with E-state index in [0.29, 0.717) is 5.92 Å². The second kappa shape index (κ2) is 8.17. The molecule has 1 rings (SSSR count). The average molecular weight is 287 g/mol. The minimum absolute atomic E-state index is 0.00956. The summed E-state index contributed by atoms with van der Waals surface area (Å²) < 4.78 is 28.8. The van der Waals surface area contributed by atoms with Gasteiger partial charge in [-0.3, -0.25) is 0 Å². The number of aliphatic hydroxyl groups is 1. The lowest BCUT2D eigenvalue weighted by Crippen LogP contribution is -2.35. The van der Waals surface area contributed by atoms with Crippen LogP contribution in [0.5, 0.6) is 5.75 Å². The SMILES string of the molecule is CC(C)CC(CO)NC(C)c1cccc(OC(F)F)c1. The molecule has 1 aromatic rings. The normalized spacial score (nSPS) is 14.6. The van der Waals surface area contributed by atoms with Gasteiger partial charge in [0.05, 0.1) is 6.61 Å². The van der Waals surface area contributed by atoms with Crippen molar-refractivity contribution >= 4 is 0 Å². The lowest BCUT2D eigenvalue weighted by atomic mass is 10.0. The standard InChI is InChI=1S/C15H23F2NO2/c1-10(2)7-13(9-19)18-11(3)12-5-4-6-14(8-12)20-15(16)17/h4-6,8,10-11,13,15,18-19H,7,9H2,1-3H3. The summed E-state index contributed by atoms with van der Waals surface area (Å²) in [6, 6.07) is 6.56. The molecular formula is C15H23F2NO2. The number of hydrogen-bond acceptors (Lipinski definition) is 3. The fraction of sp³-hybridized carbons (Fsp3) is 0.600. The van der Waals surface area contributed by atoms with E-state index < -0.39 is 6.61 Å². The fourth-order valence-electron chi connectivity index (χ4n) is 2.17. The molecule has 0 amide bonds. The average Bonchev–Trinajstić information content (AvgIpc) is 2.36. The van der Waals surface area contributed by atoms with Crippen LogP contribution >= 0.6 is 0 Å². The predicted molar refractivity (Wildman–Crippen MR) is 75.0 cm³/mol. The Morgan fingerprint density at radius 1 is 1.25 bits per heavy atom. The minimum Gasteiger partial charge on any atom is -0.435 e. The Labute approximate surface area is 119 Å². The van der Waals surface area contributed by atoms with E-state index in [2.05, 4.69) is 23.9 Å². The molecule has 2 unspecified atom stereocenters. The molecule has 1 aromatic carbocycles. The van der Waals surface area contributed by atoms with Crippen LogP contribution in [-0.4, -0.2) is 24.4 Å². The number of benzene rings is 1. The number of alkyl halides is 2. The maximum absolute atomic E-state index is 12.2. The molecule has 3 nitrogen and oxygen atoms in total. The summed E-state index contributed by atoms with van der Waals surface area (Å²) >= 11 is 0. The third-order valence-corrected chi connectivity index (χ3v) is 3.05. The molecule has 20 heavy (non-hydrogen) atoms. The van der Waals surface area contributed by atoms with Crippen molar-refractivity contribution in [3.8, 4) is 5.75 Å². The van der Waals surface area contributed by atoms with Gasteiger partial charge in [0, 0.05) is 12.1 Å². The van der Waals surface area contributed by atoms with E-state index in [9.17, 15) is 13.9 Å². The van der Waals surface area contributed by atoms with Gasteiger partial charge in [0.1, 0.15) is 5.75 Å². The Balaban J connectivity index is 2.68. The molecule has 0 saturated carbocycles. The molecule has 0 radical (unpaired) electrons. The highest BCUT2D eigenvalue weighted by Gasteiger charge is 2.15. The zero-order valence-electron chi connectivity index (χ0n) is 12.1. The molecule has 0 aromatic heterocycles. The van der Waals surface area contributed by atoms with Crippen molar-refractivity contribution in [3.05, 3.63) is 29.8 Å². The number of nitrogens with one attached hydrogen (secondary N) is 1. The van der Waals surface area contributed by atoms with Gasteiger partial charge in [-0.05, 0) is 37.0 Å². The van der Waals surface area contributed by atoms with Crippen LogP contribution < -0.4 is 10.1 Å². The quantitative estimate of drug-likeness (QED) is 0.770. The highest BCUT2D eigenvalue weighted by atomic mass is 19.3. The van der Waals surface area contributed by atoms with Crippen molar-refractivity contribution in [1.29, 1.82) is 0 Å².